The van der Waals surface area contributed by atoms with Gasteiger partial charge >= 0.3 is 0 Å². The molecule has 1 aliphatic heterocycles. The number of nitrogens with zero attached hydrogens (tertiary/aromatic N) is 5. The summed E-state index contributed by atoms with van der Waals surface area (Å²) in [7, 11) is 2.14. The van der Waals surface area contributed by atoms with Crippen molar-refractivity contribution in [2.75, 3.05) is 38.1 Å². The standard InChI is InChI=1S/C26H28N6OS/c1-30-11-13-31(14-12-30)24-10-9-21(16-27-24)17-28-26(33)22-19-32(18-20-6-3-2-4-7-20)29-25(22)23-8-5-15-34-23/h2-10,15-16,19H,11-14,17-18H2,1H3,(H,28,33). The van der Waals surface area contributed by atoms with Gasteiger partial charge in [-0.25, -0.2) is 4.98 Å². The molecule has 4 aromatic rings. The fraction of sp³-hybridized carbons (Fsp3) is 0.269. The molecule has 0 spiro atoms. The summed E-state index contributed by atoms with van der Waals surface area (Å²) in [5, 5.41) is 9.79. The summed E-state index contributed by atoms with van der Waals surface area (Å²) in [6, 6.07) is 18.2. The molecule has 5 rings (SSSR count). The molecule has 1 aliphatic rings. The first-order valence-electron chi connectivity index (χ1n) is 11.5. The summed E-state index contributed by atoms with van der Waals surface area (Å²) >= 11 is 1.58. The van der Waals surface area contributed by atoms with Gasteiger partial charge in [-0.3, -0.25) is 9.48 Å². The molecule has 1 aromatic carbocycles. The molecule has 0 aliphatic carbocycles. The number of anilines is 1. The van der Waals surface area contributed by atoms with Gasteiger partial charge in [0.25, 0.3) is 5.91 Å². The van der Waals surface area contributed by atoms with Crippen LogP contribution in [0.25, 0.3) is 10.6 Å². The number of nitrogens with one attached hydrogen (secondary N) is 1. The molecule has 0 atom stereocenters. The first-order valence-corrected chi connectivity index (χ1v) is 12.4. The lowest BCUT2D eigenvalue weighted by molar-refractivity contribution is 0.0951. The molecule has 8 heteroatoms. The van der Waals surface area contributed by atoms with Crippen LogP contribution in [0.3, 0.4) is 0 Å². The first-order chi connectivity index (χ1) is 16.7. The topological polar surface area (TPSA) is 66.3 Å². The Hall–Kier alpha value is -3.49. The molecule has 0 bridgehead atoms. The van der Waals surface area contributed by atoms with Crippen molar-refractivity contribution < 1.29 is 4.79 Å². The molecular weight excluding hydrogens is 444 g/mol. The largest absolute Gasteiger partial charge is 0.354 e. The molecule has 3 aromatic heterocycles. The van der Waals surface area contributed by atoms with Gasteiger partial charge < -0.3 is 15.1 Å². The summed E-state index contributed by atoms with van der Waals surface area (Å²) in [6.45, 7) is 5.09. The van der Waals surface area contributed by atoms with Crippen molar-refractivity contribution in [3.8, 4) is 10.6 Å². The number of hydrogen-bond donors (Lipinski definition) is 1. The van der Waals surface area contributed by atoms with Crippen molar-refractivity contribution in [3.63, 3.8) is 0 Å². The Bertz CT molecular complexity index is 1210. The zero-order chi connectivity index (χ0) is 23.3. The third-order valence-corrected chi connectivity index (χ3v) is 6.91. The van der Waals surface area contributed by atoms with Crippen LogP contribution in [0.15, 0.2) is 72.4 Å². The maximum absolute atomic E-state index is 13.2. The van der Waals surface area contributed by atoms with Crippen molar-refractivity contribution in [2.24, 2.45) is 0 Å². The van der Waals surface area contributed by atoms with E-state index >= 15 is 0 Å². The van der Waals surface area contributed by atoms with Crippen molar-refractivity contribution in [1.82, 2.24) is 25.0 Å². The Kier molecular flexibility index (Phi) is 6.69. The Labute approximate surface area is 203 Å². The molecule has 0 unspecified atom stereocenters. The molecule has 1 amide bonds. The van der Waals surface area contributed by atoms with Crippen LogP contribution in [0.5, 0.6) is 0 Å². The van der Waals surface area contributed by atoms with Gasteiger partial charge in [0.2, 0.25) is 0 Å². The minimum absolute atomic E-state index is 0.133. The quantitative estimate of drug-likeness (QED) is 0.444. The maximum Gasteiger partial charge on any atom is 0.255 e. The molecule has 34 heavy (non-hydrogen) atoms. The lowest BCUT2D eigenvalue weighted by atomic mass is 10.2. The van der Waals surface area contributed by atoms with E-state index in [1.165, 1.54) is 0 Å². The van der Waals surface area contributed by atoms with E-state index in [4.69, 9.17) is 5.10 Å². The normalized spacial score (nSPS) is 14.3. The number of thiophene rings is 1. The Morgan fingerprint density at radius 3 is 2.53 bits per heavy atom. The average Bonchev–Trinajstić information content (AvgIpc) is 3.54. The SMILES string of the molecule is CN1CCN(c2ccc(CNC(=O)c3cn(Cc4ccccc4)nc3-c3cccs3)cn2)CC1. The second kappa shape index (κ2) is 10.2. The fourth-order valence-corrected chi connectivity index (χ4v) is 4.78. The number of hydrogen-bond acceptors (Lipinski definition) is 6. The minimum atomic E-state index is -0.133. The number of carbonyl (C=O) groups excluding carboxylic acids is 1. The molecule has 4 heterocycles. The summed E-state index contributed by atoms with van der Waals surface area (Å²) in [5.41, 5.74) is 3.41. The number of pyridine rings is 1. The van der Waals surface area contributed by atoms with Gasteiger partial charge in [-0.2, -0.15) is 5.10 Å². The van der Waals surface area contributed by atoms with E-state index in [1.54, 1.807) is 11.3 Å². The number of amides is 1. The molecule has 1 fully saturated rings. The molecule has 0 radical (unpaired) electrons. The highest BCUT2D eigenvalue weighted by Gasteiger charge is 2.19. The Morgan fingerprint density at radius 1 is 1.00 bits per heavy atom. The van der Waals surface area contributed by atoms with Gasteiger partial charge in [0, 0.05) is 45.1 Å². The monoisotopic (exact) mass is 472 g/mol. The number of rotatable bonds is 7. The number of carbonyl (C=O) groups is 1. The molecule has 7 nitrogen and oxygen atoms in total. The van der Waals surface area contributed by atoms with Crippen LogP contribution in [0.4, 0.5) is 5.82 Å². The zero-order valence-electron chi connectivity index (χ0n) is 19.2. The summed E-state index contributed by atoms with van der Waals surface area (Å²) in [4.78, 5) is 23.4. The predicted octanol–water partition coefficient (Wildman–Crippen LogP) is 3.74. The molecule has 1 N–H and O–H groups in total. The smallest absolute Gasteiger partial charge is 0.255 e. The van der Waals surface area contributed by atoms with E-state index in [0.29, 0.717) is 24.3 Å². The lowest BCUT2D eigenvalue weighted by Crippen LogP contribution is -2.44. The van der Waals surface area contributed by atoms with Gasteiger partial charge in [0.15, 0.2) is 0 Å². The molecule has 1 saturated heterocycles. The second-order valence-electron chi connectivity index (χ2n) is 8.55. The van der Waals surface area contributed by atoms with Gasteiger partial charge in [0.05, 0.1) is 17.0 Å². The molecule has 0 saturated carbocycles. The number of benzene rings is 1. The highest BCUT2D eigenvalue weighted by molar-refractivity contribution is 7.13. The van der Waals surface area contributed by atoms with E-state index in [-0.39, 0.29) is 5.91 Å². The maximum atomic E-state index is 13.2. The Balaban J connectivity index is 1.27. The highest BCUT2D eigenvalue weighted by atomic mass is 32.1. The zero-order valence-corrected chi connectivity index (χ0v) is 20.0. The number of piperazine rings is 1. The van der Waals surface area contributed by atoms with Crippen molar-refractivity contribution >= 4 is 23.1 Å². The third-order valence-electron chi connectivity index (χ3n) is 6.04. The van der Waals surface area contributed by atoms with Crippen LogP contribution < -0.4 is 10.2 Å². The minimum Gasteiger partial charge on any atom is -0.354 e. The number of aromatic nitrogens is 3. The second-order valence-corrected chi connectivity index (χ2v) is 9.50. The van der Waals surface area contributed by atoms with Crippen molar-refractivity contribution in [2.45, 2.75) is 13.1 Å². The fourth-order valence-electron chi connectivity index (χ4n) is 4.06. The van der Waals surface area contributed by atoms with E-state index in [2.05, 4.69) is 39.3 Å². The van der Waals surface area contributed by atoms with Crippen LogP contribution in [0.2, 0.25) is 0 Å². The molecule has 174 valence electrons. The van der Waals surface area contributed by atoms with E-state index < -0.39 is 0 Å². The predicted molar refractivity (Wildman–Crippen MR) is 136 cm³/mol. The lowest BCUT2D eigenvalue weighted by Gasteiger charge is -2.33. The van der Waals surface area contributed by atoms with Gasteiger partial charge in [-0.15, -0.1) is 11.3 Å². The van der Waals surface area contributed by atoms with Crippen LogP contribution >= 0.6 is 11.3 Å². The number of likely N-dealkylation sites (N-methyl/N-ethyl adjacent to an activating group) is 1. The highest BCUT2D eigenvalue weighted by Crippen LogP contribution is 2.27. The Morgan fingerprint density at radius 2 is 1.82 bits per heavy atom. The van der Waals surface area contributed by atoms with E-state index in [9.17, 15) is 4.79 Å². The van der Waals surface area contributed by atoms with Crippen LogP contribution in [0.1, 0.15) is 21.5 Å². The van der Waals surface area contributed by atoms with Crippen LogP contribution in [-0.4, -0.2) is 58.8 Å². The first kappa shape index (κ1) is 22.3. The third kappa shape index (κ3) is 5.18. The summed E-state index contributed by atoms with van der Waals surface area (Å²) in [5.74, 6) is 0.858. The van der Waals surface area contributed by atoms with Crippen molar-refractivity contribution in [1.29, 1.82) is 0 Å². The van der Waals surface area contributed by atoms with Gasteiger partial charge in [0.1, 0.15) is 11.5 Å². The van der Waals surface area contributed by atoms with Crippen LogP contribution in [-0.2, 0) is 13.1 Å². The average molecular weight is 473 g/mol. The summed E-state index contributed by atoms with van der Waals surface area (Å²) in [6.07, 6.45) is 3.69. The van der Waals surface area contributed by atoms with E-state index in [0.717, 1.165) is 48.0 Å². The van der Waals surface area contributed by atoms with E-state index in [1.807, 2.05) is 64.9 Å². The van der Waals surface area contributed by atoms with Crippen LogP contribution in [0, 0.1) is 0 Å². The molecular formula is C26H28N6OS. The summed E-state index contributed by atoms with van der Waals surface area (Å²) < 4.78 is 1.84. The van der Waals surface area contributed by atoms with Gasteiger partial charge in [-0.05, 0) is 35.7 Å². The van der Waals surface area contributed by atoms with Crippen molar-refractivity contribution in [3.05, 3.63) is 89.1 Å². The van der Waals surface area contributed by atoms with Gasteiger partial charge in [-0.1, -0.05) is 42.5 Å².